The topological polar surface area (TPSA) is 20.2 Å². The molecule has 0 radical (unpaired) electrons. The molecule has 2 atom stereocenters. The predicted octanol–water partition coefficient (Wildman–Crippen LogP) is 3.61. The summed E-state index contributed by atoms with van der Waals surface area (Å²) in [7, 11) is 0. The molecule has 1 rings (SSSR count). The van der Waals surface area contributed by atoms with E-state index in [0.717, 1.165) is 12.3 Å². The summed E-state index contributed by atoms with van der Waals surface area (Å²) in [6.45, 7) is 6.54. The molecule has 84 valence electrons. The lowest BCUT2D eigenvalue weighted by Crippen LogP contribution is -2.23. The molecule has 0 spiro atoms. The normalized spacial score (nSPS) is 23.8. The average Bonchev–Trinajstić information content (AvgIpc) is 2.19. The molecule has 0 heterocycles. The molecule has 1 saturated carbocycles. The molecule has 0 amide bonds. The minimum Gasteiger partial charge on any atom is -0.393 e. The van der Waals surface area contributed by atoms with Gasteiger partial charge in [-0.25, -0.2) is 0 Å². The van der Waals surface area contributed by atoms with Gasteiger partial charge >= 0.3 is 0 Å². The van der Waals surface area contributed by atoms with Gasteiger partial charge in [0.25, 0.3) is 0 Å². The van der Waals surface area contributed by atoms with Crippen molar-refractivity contribution in [2.45, 2.75) is 65.4 Å². The van der Waals surface area contributed by atoms with Gasteiger partial charge in [0.2, 0.25) is 0 Å². The zero-order valence-electron chi connectivity index (χ0n) is 10.00. The second-order valence-corrected chi connectivity index (χ2v) is 5.42. The van der Waals surface area contributed by atoms with Crippen LogP contribution in [0.5, 0.6) is 0 Å². The number of rotatable bonds is 4. The second kappa shape index (κ2) is 5.75. The van der Waals surface area contributed by atoms with E-state index in [4.69, 9.17) is 0 Å². The van der Waals surface area contributed by atoms with Crippen LogP contribution in [0.15, 0.2) is 0 Å². The molecule has 1 heteroatoms. The monoisotopic (exact) mass is 198 g/mol. The summed E-state index contributed by atoms with van der Waals surface area (Å²) in [5.41, 5.74) is 0. The van der Waals surface area contributed by atoms with Crippen LogP contribution in [-0.4, -0.2) is 11.2 Å². The minimum absolute atomic E-state index is 0.0908. The van der Waals surface area contributed by atoms with Crippen LogP contribution in [0, 0.1) is 17.8 Å². The van der Waals surface area contributed by atoms with Crippen LogP contribution < -0.4 is 0 Å². The van der Waals surface area contributed by atoms with E-state index in [1.165, 1.54) is 32.1 Å². The SMILES string of the molecule is CC(C)C(O)CC(C)C1CCCCC1. The van der Waals surface area contributed by atoms with E-state index in [2.05, 4.69) is 20.8 Å². The van der Waals surface area contributed by atoms with E-state index in [-0.39, 0.29) is 6.10 Å². The molecule has 0 aromatic heterocycles. The molecule has 1 N–H and O–H groups in total. The highest BCUT2D eigenvalue weighted by Crippen LogP contribution is 2.32. The number of aliphatic hydroxyl groups excluding tert-OH is 1. The van der Waals surface area contributed by atoms with E-state index in [9.17, 15) is 5.11 Å². The highest BCUT2D eigenvalue weighted by atomic mass is 16.3. The minimum atomic E-state index is -0.0908. The Labute approximate surface area is 88.9 Å². The molecule has 0 bridgehead atoms. The molecular weight excluding hydrogens is 172 g/mol. The van der Waals surface area contributed by atoms with E-state index >= 15 is 0 Å². The number of hydrogen-bond donors (Lipinski definition) is 1. The molecule has 1 fully saturated rings. The molecule has 0 saturated heterocycles. The first-order valence-electron chi connectivity index (χ1n) is 6.29. The summed E-state index contributed by atoms with van der Waals surface area (Å²) in [4.78, 5) is 0. The van der Waals surface area contributed by atoms with Crippen LogP contribution >= 0.6 is 0 Å². The molecule has 0 aromatic rings. The van der Waals surface area contributed by atoms with Gasteiger partial charge in [0.1, 0.15) is 0 Å². The van der Waals surface area contributed by atoms with Crippen LogP contribution in [-0.2, 0) is 0 Å². The Kier molecular flexibility index (Phi) is 4.94. The first kappa shape index (κ1) is 12.0. The Balaban J connectivity index is 2.28. The van der Waals surface area contributed by atoms with Crippen LogP contribution in [0.1, 0.15) is 59.3 Å². The first-order chi connectivity index (χ1) is 6.61. The highest BCUT2D eigenvalue weighted by Gasteiger charge is 2.23. The maximum absolute atomic E-state index is 9.83. The Morgan fingerprint density at radius 3 is 2.14 bits per heavy atom. The van der Waals surface area contributed by atoms with Crippen molar-refractivity contribution in [3.8, 4) is 0 Å². The van der Waals surface area contributed by atoms with E-state index in [1.807, 2.05) is 0 Å². The van der Waals surface area contributed by atoms with Gasteiger partial charge in [-0.2, -0.15) is 0 Å². The van der Waals surface area contributed by atoms with Gasteiger partial charge in [-0.15, -0.1) is 0 Å². The van der Waals surface area contributed by atoms with Gasteiger partial charge in [-0.05, 0) is 24.2 Å². The molecule has 1 aliphatic carbocycles. The van der Waals surface area contributed by atoms with E-state index in [1.54, 1.807) is 0 Å². The molecular formula is C13H26O. The fourth-order valence-electron chi connectivity index (χ4n) is 2.55. The third-order valence-corrected chi connectivity index (χ3v) is 3.84. The molecule has 14 heavy (non-hydrogen) atoms. The lowest BCUT2D eigenvalue weighted by atomic mass is 9.78. The number of hydrogen-bond acceptors (Lipinski definition) is 1. The summed E-state index contributed by atoms with van der Waals surface area (Å²) in [5, 5.41) is 9.83. The molecule has 1 nitrogen and oxygen atoms in total. The highest BCUT2D eigenvalue weighted by molar-refractivity contribution is 4.74. The fraction of sp³-hybridized carbons (Fsp3) is 1.00. The summed E-state index contributed by atoms with van der Waals surface area (Å²) in [6, 6.07) is 0. The maximum atomic E-state index is 9.83. The smallest absolute Gasteiger partial charge is 0.0565 e. The third-order valence-electron chi connectivity index (χ3n) is 3.84. The van der Waals surface area contributed by atoms with Gasteiger partial charge in [0.05, 0.1) is 6.10 Å². The van der Waals surface area contributed by atoms with Crippen molar-refractivity contribution in [3.05, 3.63) is 0 Å². The van der Waals surface area contributed by atoms with Gasteiger partial charge < -0.3 is 5.11 Å². The van der Waals surface area contributed by atoms with Crippen molar-refractivity contribution in [1.29, 1.82) is 0 Å². The van der Waals surface area contributed by atoms with Gasteiger partial charge in [0, 0.05) is 0 Å². The van der Waals surface area contributed by atoms with Crippen LogP contribution in [0.25, 0.3) is 0 Å². The Morgan fingerprint density at radius 1 is 1.07 bits per heavy atom. The average molecular weight is 198 g/mol. The van der Waals surface area contributed by atoms with Gasteiger partial charge in [0.15, 0.2) is 0 Å². The standard InChI is InChI=1S/C13H26O/c1-10(2)13(14)9-11(3)12-7-5-4-6-8-12/h10-14H,4-9H2,1-3H3. The Hall–Kier alpha value is -0.0400. The van der Waals surface area contributed by atoms with Crippen LogP contribution in [0.4, 0.5) is 0 Å². The summed E-state index contributed by atoms with van der Waals surface area (Å²) >= 11 is 0. The predicted molar refractivity (Wildman–Crippen MR) is 61.2 cm³/mol. The summed E-state index contributed by atoms with van der Waals surface area (Å²) < 4.78 is 0. The molecule has 2 unspecified atom stereocenters. The first-order valence-corrected chi connectivity index (χ1v) is 6.29. The maximum Gasteiger partial charge on any atom is 0.0565 e. The fourth-order valence-corrected chi connectivity index (χ4v) is 2.55. The summed E-state index contributed by atoms with van der Waals surface area (Å²) in [5.74, 6) is 2.02. The Bertz CT molecular complexity index is 147. The van der Waals surface area contributed by atoms with Gasteiger partial charge in [-0.3, -0.25) is 0 Å². The zero-order chi connectivity index (χ0) is 10.6. The van der Waals surface area contributed by atoms with Crippen molar-refractivity contribution in [2.24, 2.45) is 17.8 Å². The van der Waals surface area contributed by atoms with E-state index < -0.39 is 0 Å². The van der Waals surface area contributed by atoms with Gasteiger partial charge in [-0.1, -0.05) is 52.9 Å². The molecule has 0 aromatic carbocycles. The van der Waals surface area contributed by atoms with Crippen molar-refractivity contribution >= 4 is 0 Å². The quantitative estimate of drug-likeness (QED) is 0.731. The molecule has 1 aliphatic rings. The molecule has 0 aliphatic heterocycles. The van der Waals surface area contributed by atoms with Crippen molar-refractivity contribution < 1.29 is 5.11 Å². The van der Waals surface area contributed by atoms with Crippen LogP contribution in [0.2, 0.25) is 0 Å². The number of aliphatic hydroxyl groups is 1. The van der Waals surface area contributed by atoms with Crippen molar-refractivity contribution in [2.75, 3.05) is 0 Å². The largest absolute Gasteiger partial charge is 0.393 e. The van der Waals surface area contributed by atoms with Crippen molar-refractivity contribution in [1.82, 2.24) is 0 Å². The Morgan fingerprint density at radius 2 is 1.64 bits per heavy atom. The van der Waals surface area contributed by atoms with E-state index in [0.29, 0.717) is 11.8 Å². The lowest BCUT2D eigenvalue weighted by molar-refractivity contribution is 0.0816. The zero-order valence-corrected chi connectivity index (χ0v) is 10.00. The van der Waals surface area contributed by atoms with Crippen LogP contribution in [0.3, 0.4) is 0 Å². The third kappa shape index (κ3) is 3.61. The second-order valence-electron chi connectivity index (χ2n) is 5.42. The summed E-state index contributed by atoms with van der Waals surface area (Å²) in [6.07, 6.45) is 7.95. The lowest BCUT2D eigenvalue weighted by Gasteiger charge is -2.29. The van der Waals surface area contributed by atoms with Crippen molar-refractivity contribution in [3.63, 3.8) is 0 Å².